The van der Waals surface area contributed by atoms with Gasteiger partial charge in [0.25, 0.3) is 5.91 Å². The molecule has 3 N–H and O–H groups in total. The van der Waals surface area contributed by atoms with Crippen LogP contribution in [0.4, 0.5) is 17.3 Å². The van der Waals surface area contributed by atoms with Crippen LogP contribution in [0.5, 0.6) is 0 Å². The number of hydrogen-bond acceptors (Lipinski definition) is 8. The maximum atomic E-state index is 12.2. The second-order valence-corrected chi connectivity index (χ2v) is 6.39. The number of halogens is 1. The Morgan fingerprint density at radius 3 is 2.57 bits per heavy atom. The molecule has 1 amide bonds. The van der Waals surface area contributed by atoms with Crippen molar-refractivity contribution in [3.63, 3.8) is 0 Å². The van der Waals surface area contributed by atoms with Crippen molar-refractivity contribution < 1.29 is 9.72 Å². The largest absolute Gasteiger partial charge is 0.360 e. The molecule has 0 saturated heterocycles. The minimum absolute atomic E-state index is 0.0178. The second-order valence-electron chi connectivity index (χ2n) is 5.48. The molecule has 2 heterocycles. The Balaban J connectivity index is 1.74. The van der Waals surface area contributed by atoms with Gasteiger partial charge in [-0.05, 0) is 35.9 Å². The molecule has 0 spiro atoms. The molecule has 3 rings (SSSR count). The van der Waals surface area contributed by atoms with Crippen LogP contribution in [0.1, 0.15) is 15.9 Å². The summed E-state index contributed by atoms with van der Waals surface area (Å²) in [5.41, 5.74) is 5.70. The first kappa shape index (κ1) is 19.2. The van der Waals surface area contributed by atoms with Gasteiger partial charge in [0.1, 0.15) is 6.33 Å². The molecule has 0 saturated carbocycles. The summed E-state index contributed by atoms with van der Waals surface area (Å²) in [5.74, 6) is -0.589. The van der Waals surface area contributed by atoms with Gasteiger partial charge in [0.2, 0.25) is 11.6 Å². The van der Waals surface area contributed by atoms with Gasteiger partial charge in [0.15, 0.2) is 0 Å². The van der Waals surface area contributed by atoms with Crippen LogP contribution in [0, 0.1) is 10.1 Å². The fourth-order valence-corrected chi connectivity index (χ4v) is 2.51. The minimum Gasteiger partial charge on any atom is -0.360 e. The number of amides is 1. The zero-order chi connectivity index (χ0) is 19.9. The highest BCUT2D eigenvalue weighted by atomic mass is 79.9. The van der Waals surface area contributed by atoms with E-state index in [4.69, 9.17) is 0 Å². The summed E-state index contributed by atoms with van der Waals surface area (Å²) < 4.78 is 0.827. The van der Waals surface area contributed by atoms with Crippen molar-refractivity contribution in [3.8, 4) is 0 Å². The number of benzene rings is 1. The van der Waals surface area contributed by atoms with Gasteiger partial charge in [-0.3, -0.25) is 30.7 Å². The number of nitrogens with zero attached hydrogens (tertiary/aromatic N) is 4. The summed E-state index contributed by atoms with van der Waals surface area (Å²) in [6.45, 7) is 0.288. The Bertz CT molecular complexity index is 984. The van der Waals surface area contributed by atoms with Gasteiger partial charge < -0.3 is 5.32 Å². The molecule has 0 fully saturated rings. The number of hydrogen-bond donors (Lipinski definition) is 3. The van der Waals surface area contributed by atoms with E-state index in [-0.39, 0.29) is 23.9 Å². The molecule has 2 aromatic heterocycles. The topological polar surface area (TPSA) is 135 Å². The number of hydrazine groups is 1. The van der Waals surface area contributed by atoms with Crippen molar-refractivity contribution in [1.82, 2.24) is 20.4 Å². The molecule has 0 aliphatic rings. The van der Waals surface area contributed by atoms with E-state index in [0.29, 0.717) is 5.56 Å². The van der Waals surface area contributed by atoms with Crippen LogP contribution in [0.25, 0.3) is 0 Å². The summed E-state index contributed by atoms with van der Waals surface area (Å²) in [6.07, 6.45) is 4.43. The van der Waals surface area contributed by atoms with Gasteiger partial charge in [-0.1, -0.05) is 22.0 Å². The number of anilines is 2. The third-order valence-corrected chi connectivity index (χ3v) is 4.12. The second kappa shape index (κ2) is 8.86. The van der Waals surface area contributed by atoms with Crippen molar-refractivity contribution in [2.24, 2.45) is 0 Å². The zero-order valence-electron chi connectivity index (χ0n) is 14.3. The summed E-state index contributed by atoms with van der Waals surface area (Å²) in [6, 6.07) is 10.2. The Kier molecular flexibility index (Phi) is 6.07. The summed E-state index contributed by atoms with van der Waals surface area (Å²) in [5, 5.41) is 14.4. The third kappa shape index (κ3) is 4.76. The molecular formula is C17H14BrN7O3. The predicted octanol–water partition coefficient (Wildman–Crippen LogP) is 2.91. The molecule has 28 heavy (non-hydrogen) atoms. The lowest BCUT2D eigenvalue weighted by molar-refractivity contribution is -0.383. The first-order valence-electron chi connectivity index (χ1n) is 7.98. The van der Waals surface area contributed by atoms with Crippen LogP contribution >= 0.6 is 15.9 Å². The molecule has 11 heteroatoms. The number of rotatable bonds is 7. The summed E-state index contributed by atoms with van der Waals surface area (Å²) in [7, 11) is 0. The maximum Gasteiger partial charge on any atom is 0.354 e. The average molecular weight is 444 g/mol. The fraction of sp³-hybridized carbons (Fsp3) is 0.0588. The first-order valence-corrected chi connectivity index (χ1v) is 8.78. The van der Waals surface area contributed by atoms with Gasteiger partial charge >= 0.3 is 5.69 Å². The van der Waals surface area contributed by atoms with Gasteiger partial charge in [0.05, 0.1) is 4.92 Å². The standard InChI is InChI=1S/C17H14BrN7O3/c18-13-5-3-12(4-6-13)17(26)24-23-16-14(25(27)28)15(21-10-22-16)20-9-11-2-1-7-19-8-11/h1-8,10H,9H2,(H,24,26)(H2,20,21,22,23). The van der Waals surface area contributed by atoms with Crippen LogP contribution in [0.3, 0.4) is 0 Å². The van der Waals surface area contributed by atoms with Crippen molar-refractivity contribution in [2.45, 2.75) is 6.54 Å². The fourth-order valence-electron chi connectivity index (χ4n) is 2.25. The number of pyridine rings is 1. The molecule has 0 aliphatic heterocycles. The molecule has 0 atom stereocenters. The third-order valence-electron chi connectivity index (χ3n) is 3.59. The van der Waals surface area contributed by atoms with Crippen LogP contribution < -0.4 is 16.2 Å². The van der Waals surface area contributed by atoms with Gasteiger partial charge in [-0.15, -0.1) is 0 Å². The quantitative estimate of drug-likeness (QED) is 0.374. The molecule has 10 nitrogen and oxygen atoms in total. The van der Waals surface area contributed by atoms with Crippen molar-refractivity contribution in [2.75, 3.05) is 10.7 Å². The SMILES string of the molecule is O=C(NNc1ncnc(NCc2cccnc2)c1[N+](=O)[O-])c1ccc(Br)cc1. The van der Waals surface area contributed by atoms with Crippen molar-refractivity contribution in [3.05, 3.63) is 80.8 Å². The molecular weight excluding hydrogens is 430 g/mol. The lowest BCUT2D eigenvalue weighted by Crippen LogP contribution is -2.30. The van der Waals surface area contributed by atoms with E-state index in [0.717, 1.165) is 16.4 Å². The minimum atomic E-state index is -0.625. The molecule has 0 aliphatic carbocycles. The molecule has 1 aromatic carbocycles. The first-order chi connectivity index (χ1) is 13.5. The van der Waals surface area contributed by atoms with E-state index < -0.39 is 10.8 Å². The Labute approximate surface area is 167 Å². The normalized spacial score (nSPS) is 10.2. The lowest BCUT2D eigenvalue weighted by Gasteiger charge is -2.11. The number of nitrogens with one attached hydrogen (secondary N) is 3. The van der Waals surface area contributed by atoms with Crippen LogP contribution in [-0.4, -0.2) is 25.8 Å². The number of carbonyl (C=O) groups is 1. The summed E-state index contributed by atoms with van der Waals surface area (Å²) >= 11 is 3.29. The molecule has 0 unspecified atom stereocenters. The Morgan fingerprint density at radius 2 is 1.89 bits per heavy atom. The zero-order valence-corrected chi connectivity index (χ0v) is 15.9. The van der Waals surface area contributed by atoms with Crippen molar-refractivity contribution >= 4 is 39.2 Å². The Morgan fingerprint density at radius 1 is 1.14 bits per heavy atom. The van der Waals surface area contributed by atoms with E-state index in [1.807, 2.05) is 6.07 Å². The molecule has 142 valence electrons. The van der Waals surface area contributed by atoms with E-state index >= 15 is 0 Å². The predicted molar refractivity (Wildman–Crippen MR) is 105 cm³/mol. The average Bonchev–Trinajstić information content (AvgIpc) is 2.71. The number of aromatic nitrogens is 3. The molecule has 0 bridgehead atoms. The van der Waals surface area contributed by atoms with E-state index in [1.54, 1.807) is 42.7 Å². The highest BCUT2D eigenvalue weighted by Gasteiger charge is 2.23. The monoisotopic (exact) mass is 443 g/mol. The van der Waals surface area contributed by atoms with Gasteiger partial charge in [0, 0.05) is 29.0 Å². The number of nitro groups is 1. The number of carbonyl (C=O) groups excluding carboxylic acids is 1. The van der Waals surface area contributed by atoms with Crippen LogP contribution in [0.2, 0.25) is 0 Å². The molecule has 3 aromatic rings. The van der Waals surface area contributed by atoms with Crippen LogP contribution in [-0.2, 0) is 6.54 Å². The highest BCUT2D eigenvalue weighted by Crippen LogP contribution is 2.28. The summed E-state index contributed by atoms with van der Waals surface area (Å²) in [4.78, 5) is 34.8. The van der Waals surface area contributed by atoms with E-state index in [9.17, 15) is 14.9 Å². The van der Waals surface area contributed by atoms with Crippen molar-refractivity contribution in [1.29, 1.82) is 0 Å². The van der Waals surface area contributed by atoms with E-state index in [2.05, 4.69) is 47.1 Å². The Hall–Kier alpha value is -3.60. The van der Waals surface area contributed by atoms with Gasteiger partial charge in [-0.25, -0.2) is 9.97 Å². The highest BCUT2D eigenvalue weighted by molar-refractivity contribution is 9.10. The lowest BCUT2D eigenvalue weighted by atomic mass is 10.2. The maximum absolute atomic E-state index is 12.2. The molecule has 0 radical (unpaired) electrons. The van der Waals surface area contributed by atoms with Crippen LogP contribution in [0.15, 0.2) is 59.6 Å². The van der Waals surface area contributed by atoms with E-state index in [1.165, 1.54) is 0 Å². The van der Waals surface area contributed by atoms with Gasteiger partial charge in [-0.2, -0.15) is 0 Å². The smallest absolute Gasteiger partial charge is 0.354 e.